The van der Waals surface area contributed by atoms with Gasteiger partial charge in [-0.2, -0.15) is 0 Å². The van der Waals surface area contributed by atoms with Crippen molar-refractivity contribution in [3.63, 3.8) is 0 Å². The first-order valence-electron chi connectivity index (χ1n) is 9.60. The summed E-state index contributed by atoms with van der Waals surface area (Å²) in [5, 5.41) is 0. The Morgan fingerprint density at radius 3 is 1.91 bits per heavy atom. The average molecular weight is 338 g/mol. The van der Waals surface area contributed by atoms with E-state index >= 15 is 0 Å². The highest BCUT2D eigenvalue weighted by atomic mass is 32.2. The van der Waals surface area contributed by atoms with Gasteiger partial charge in [-0.15, -0.1) is 0 Å². The van der Waals surface area contributed by atoms with Crippen LogP contribution in [-0.4, -0.2) is 24.4 Å². The molecule has 0 bridgehead atoms. The Balaban J connectivity index is 1.84. The fourth-order valence-electron chi connectivity index (χ4n) is 2.76. The van der Waals surface area contributed by atoms with Gasteiger partial charge in [0.25, 0.3) is 0 Å². The Hall–Kier alpha value is -0.630. The molecule has 0 aliphatic carbocycles. The second-order valence-electron chi connectivity index (χ2n) is 6.53. The van der Waals surface area contributed by atoms with Crippen molar-refractivity contribution in [1.29, 1.82) is 0 Å². The van der Waals surface area contributed by atoms with E-state index in [4.69, 9.17) is 4.74 Å². The van der Waals surface area contributed by atoms with Gasteiger partial charge in [-0.1, -0.05) is 76.5 Å². The van der Waals surface area contributed by atoms with Crippen LogP contribution in [0.4, 0.5) is 0 Å². The molecule has 1 rings (SSSR count). The minimum absolute atomic E-state index is 0.519. The maximum absolute atomic E-state index is 5.78. The minimum Gasteiger partial charge on any atom is -0.489 e. The van der Waals surface area contributed by atoms with Gasteiger partial charge in [0.15, 0.2) is 0 Å². The lowest BCUT2D eigenvalue weighted by molar-refractivity contribution is 0.343. The largest absolute Gasteiger partial charge is 0.489 e. The number of unbranched alkanes of at least 4 members (excludes halogenated alkanes) is 9. The fraction of sp³-hybridized carbons (Fsp3) is 0.714. The molecule has 0 N–H and O–H groups in total. The monoisotopic (exact) mass is 337 g/mol. The average Bonchev–Trinajstić information content (AvgIpc) is 2.57. The van der Waals surface area contributed by atoms with Crippen molar-refractivity contribution in [3.8, 4) is 5.75 Å². The highest BCUT2D eigenvalue weighted by Gasteiger charge is 2.10. The number of hydrogen-bond acceptors (Lipinski definition) is 1. The van der Waals surface area contributed by atoms with Crippen LogP contribution in [0.1, 0.15) is 71.1 Å². The standard InChI is InChI=1S/C21H37OS/c1-3-4-5-6-7-8-9-10-11-15-19-23(2)20-18-22-21-16-13-12-14-17-21/h12-14,16-17H,3-11,15,18-20H2,1-2H3/q+1. The van der Waals surface area contributed by atoms with Gasteiger partial charge in [0.2, 0.25) is 0 Å². The summed E-state index contributed by atoms with van der Waals surface area (Å²) in [7, 11) is 0.519. The van der Waals surface area contributed by atoms with E-state index in [1.54, 1.807) is 0 Å². The van der Waals surface area contributed by atoms with Gasteiger partial charge >= 0.3 is 0 Å². The SMILES string of the molecule is CCCCCCCCCCCC[S+](C)CCOc1ccccc1. The molecule has 1 aromatic carbocycles. The Kier molecular flexibility index (Phi) is 13.3. The second kappa shape index (κ2) is 14.9. The van der Waals surface area contributed by atoms with Crippen LogP contribution in [0, 0.1) is 0 Å². The van der Waals surface area contributed by atoms with Crippen LogP contribution in [-0.2, 0) is 10.9 Å². The van der Waals surface area contributed by atoms with Crippen LogP contribution >= 0.6 is 0 Å². The molecule has 0 amide bonds. The summed E-state index contributed by atoms with van der Waals surface area (Å²) in [4.78, 5) is 0. The lowest BCUT2D eigenvalue weighted by atomic mass is 10.1. The molecule has 2 heteroatoms. The summed E-state index contributed by atoms with van der Waals surface area (Å²) >= 11 is 0. The van der Waals surface area contributed by atoms with E-state index in [9.17, 15) is 0 Å². The molecule has 0 spiro atoms. The molecule has 132 valence electrons. The summed E-state index contributed by atoms with van der Waals surface area (Å²) in [6, 6.07) is 10.2. The number of para-hydroxylation sites is 1. The first kappa shape index (κ1) is 20.4. The van der Waals surface area contributed by atoms with E-state index in [2.05, 4.69) is 13.2 Å². The summed E-state index contributed by atoms with van der Waals surface area (Å²) in [6.07, 6.45) is 16.7. The summed E-state index contributed by atoms with van der Waals surface area (Å²) in [5.41, 5.74) is 0. The van der Waals surface area contributed by atoms with E-state index in [0.29, 0.717) is 10.9 Å². The zero-order valence-electron chi connectivity index (χ0n) is 15.4. The normalized spacial score (nSPS) is 12.3. The van der Waals surface area contributed by atoms with Crippen molar-refractivity contribution in [2.75, 3.05) is 24.4 Å². The Bertz CT molecular complexity index is 352. The quantitative estimate of drug-likeness (QED) is 0.272. The van der Waals surface area contributed by atoms with Crippen LogP contribution in [0.2, 0.25) is 0 Å². The number of ether oxygens (including phenoxy) is 1. The number of benzene rings is 1. The van der Waals surface area contributed by atoms with E-state index in [1.807, 2.05) is 30.3 Å². The highest BCUT2D eigenvalue weighted by Crippen LogP contribution is 2.12. The van der Waals surface area contributed by atoms with Gasteiger partial charge in [0.05, 0.1) is 6.26 Å². The maximum atomic E-state index is 5.78. The number of rotatable bonds is 15. The molecule has 1 atom stereocenters. The van der Waals surface area contributed by atoms with Crippen molar-refractivity contribution < 1.29 is 4.74 Å². The fourth-order valence-corrected chi connectivity index (χ4v) is 4.03. The third kappa shape index (κ3) is 12.5. The molecule has 0 saturated carbocycles. The topological polar surface area (TPSA) is 9.23 Å². The van der Waals surface area contributed by atoms with Gasteiger partial charge in [-0.3, -0.25) is 0 Å². The minimum atomic E-state index is 0.519. The van der Waals surface area contributed by atoms with Crippen LogP contribution in [0.25, 0.3) is 0 Å². The molecule has 23 heavy (non-hydrogen) atoms. The Morgan fingerprint density at radius 1 is 0.739 bits per heavy atom. The lowest BCUT2D eigenvalue weighted by Crippen LogP contribution is -2.16. The summed E-state index contributed by atoms with van der Waals surface area (Å²) in [5.74, 6) is 3.59. The molecule has 0 saturated heterocycles. The van der Waals surface area contributed by atoms with Gasteiger partial charge < -0.3 is 4.74 Å². The lowest BCUT2D eigenvalue weighted by Gasteiger charge is -2.06. The third-order valence-electron chi connectivity index (χ3n) is 4.29. The molecule has 0 aliphatic rings. The van der Waals surface area contributed by atoms with Gasteiger partial charge in [0.1, 0.15) is 23.9 Å². The molecule has 1 aromatic rings. The predicted molar refractivity (Wildman–Crippen MR) is 107 cm³/mol. The van der Waals surface area contributed by atoms with Crippen molar-refractivity contribution in [2.24, 2.45) is 0 Å². The molecule has 0 heterocycles. The maximum Gasteiger partial charge on any atom is 0.141 e. The van der Waals surface area contributed by atoms with E-state index < -0.39 is 0 Å². The van der Waals surface area contributed by atoms with Gasteiger partial charge in [0, 0.05) is 0 Å². The van der Waals surface area contributed by atoms with Crippen LogP contribution in [0.15, 0.2) is 30.3 Å². The summed E-state index contributed by atoms with van der Waals surface area (Å²) in [6.45, 7) is 3.15. The van der Waals surface area contributed by atoms with E-state index in [0.717, 1.165) is 12.4 Å². The van der Waals surface area contributed by atoms with Gasteiger partial charge in [-0.05, 0) is 35.9 Å². The van der Waals surface area contributed by atoms with Crippen LogP contribution in [0.5, 0.6) is 5.75 Å². The molecule has 1 nitrogen and oxygen atoms in total. The molecule has 0 fully saturated rings. The first-order valence-corrected chi connectivity index (χ1v) is 11.6. The molecule has 0 radical (unpaired) electrons. The van der Waals surface area contributed by atoms with Crippen molar-refractivity contribution >= 4 is 10.9 Å². The zero-order valence-corrected chi connectivity index (χ0v) is 16.2. The van der Waals surface area contributed by atoms with Crippen LogP contribution < -0.4 is 4.74 Å². The van der Waals surface area contributed by atoms with Crippen LogP contribution in [0.3, 0.4) is 0 Å². The molecule has 1 unspecified atom stereocenters. The molecular weight excluding hydrogens is 300 g/mol. The van der Waals surface area contributed by atoms with E-state index in [1.165, 1.54) is 75.7 Å². The van der Waals surface area contributed by atoms with Crippen molar-refractivity contribution in [2.45, 2.75) is 71.1 Å². The Morgan fingerprint density at radius 2 is 1.30 bits per heavy atom. The second-order valence-corrected chi connectivity index (χ2v) is 8.91. The van der Waals surface area contributed by atoms with Crippen molar-refractivity contribution in [1.82, 2.24) is 0 Å². The molecule has 0 aromatic heterocycles. The first-order chi connectivity index (χ1) is 11.3. The van der Waals surface area contributed by atoms with E-state index in [-0.39, 0.29) is 0 Å². The smallest absolute Gasteiger partial charge is 0.141 e. The summed E-state index contributed by atoms with van der Waals surface area (Å²) < 4.78 is 5.78. The number of hydrogen-bond donors (Lipinski definition) is 0. The Labute approximate surface area is 147 Å². The van der Waals surface area contributed by atoms with Gasteiger partial charge in [-0.25, -0.2) is 0 Å². The zero-order chi connectivity index (χ0) is 16.6. The molecule has 0 aliphatic heterocycles. The highest BCUT2D eigenvalue weighted by molar-refractivity contribution is 7.96. The third-order valence-corrected chi connectivity index (χ3v) is 6.14. The predicted octanol–water partition coefficient (Wildman–Crippen LogP) is 6.23. The van der Waals surface area contributed by atoms with Crippen molar-refractivity contribution in [3.05, 3.63) is 30.3 Å². The molecular formula is C21H37OS+.